The van der Waals surface area contributed by atoms with E-state index in [1.165, 1.54) is 0 Å². The van der Waals surface area contributed by atoms with Gasteiger partial charge in [0.05, 0.1) is 39.6 Å². The van der Waals surface area contributed by atoms with E-state index in [1.807, 2.05) is 194 Å². The summed E-state index contributed by atoms with van der Waals surface area (Å²) in [6, 6.07) is 99.3. The molecule has 0 radical (unpaired) electrons. The van der Waals surface area contributed by atoms with Crippen LogP contribution >= 0.6 is 0 Å². The average molecular weight is 1180 g/mol. The van der Waals surface area contributed by atoms with Gasteiger partial charge in [-0.3, -0.25) is 4.98 Å². The second-order valence-corrected chi connectivity index (χ2v) is 22.4. The summed E-state index contributed by atoms with van der Waals surface area (Å²) in [5.74, 6) is 5.21. The highest BCUT2D eigenvalue weighted by atomic mass is 15.1. The van der Waals surface area contributed by atoms with Crippen molar-refractivity contribution >= 4 is 43.6 Å². The van der Waals surface area contributed by atoms with E-state index in [0.717, 1.165) is 116 Å². The van der Waals surface area contributed by atoms with Crippen LogP contribution in [0.1, 0.15) is 0 Å². The Morgan fingerprint density at radius 1 is 0.196 bits per heavy atom. The fraction of sp³-hybridized carbons (Fsp3) is 0. The van der Waals surface area contributed by atoms with Crippen molar-refractivity contribution in [3.63, 3.8) is 0 Å². The zero-order chi connectivity index (χ0) is 60.9. The van der Waals surface area contributed by atoms with Crippen LogP contribution in [0.3, 0.4) is 0 Å². The van der Waals surface area contributed by atoms with E-state index >= 15 is 0 Å². The van der Waals surface area contributed by atoms with Gasteiger partial charge in [0.15, 0.2) is 52.4 Å². The van der Waals surface area contributed by atoms with Crippen molar-refractivity contribution in [2.45, 2.75) is 0 Å². The Morgan fingerprint density at radius 3 is 0.826 bits per heavy atom. The van der Waals surface area contributed by atoms with E-state index in [2.05, 4.69) is 118 Å². The largest absolute Gasteiger partial charge is 0.309 e. The van der Waals surface area contributed by atoms with Crippen molar-refractivity contribution in [2.24, 2.45) is 0 Å². The Balaban J connectivity index is 0.882. The molecule has 430 valence electrons. The molecule has 0 fully saturated rings. The Bertz CT molecular complexity index is 5450. The molecular formula is C80H50N12. The van der Waals surface area contributed by atoms with E-state index < -0.39 is 0 Å². The normalized spacial score (nSPS) is 11.5. The standard InChI is InChI=1S/C80H50N12/c1-7-23-51(24-8-1)72-82-73(52-25-9-2-10-26-52)86-78(85-72)57-40-43-68-64(47-57)60-35-19-21-37-66(60)91(68)70-49-59(80-89-76(55-31-15-5-16-32-55)84-77(90-80)56-33-17-6-18-34-56)39-42-62(70)63-45-46-81-50-71(63)92-67-38-22-20-36-61(67)65-48-58(41-44-69(65)92)79-87-74(53-27-11-3-12-28-53)83-75(88-79)54-29-13-4-14-30-54/h1-50H. The van der Waals surface area contributed by atoms with Gasteiger partial charge in [0, 0.05) is 88.9 Å². The second kappa shape index (κ2) is 22.7. The third-order valence-electron chi connectivity index (χ3n) is 16.8. The molecule has 6 heterocycles. The lowest BCUT2D eigenvalue weighted by Gasteiger charge is -2.19. The average Bonchev–Trinajstić information content (AvgIpc) is 1.70. The van der Waals surface area contributed by atoms with E-state index in [-0.39, 0.29) is 0 Å². The smallest absolute Gasteiger partial charge is 0.164 e. The predicted octanol–water partition coefficient (Wildman–Crippen LogP) is 18.5. The summed E-state index contributed by atoms with van der Waals surface area (Å²) in [4.78, 5) is 51.2. The van der Waals surface area contributed by atoms with Crippen LogP contribution in [0.25, 0.3) is 169 Å². The summed E-state index contributed by atoms with van der Waals surface area (Å²) >= 11 is 0. The van der Waals surface area contributed by atoms with E-state index in [9.17, 15) is 0 Å². The number of rotatable bonds is 12. The molecule has 6 aromatic heterocycles. The highest BCUT2D eigenvalue weighted by Gasteiger charge is 2.25. The molecule has 0 amide bonds. The molecule has 0 saturated heterocycles. The van der Waals surface area contributed by atoms with Gasteiger partial charge in [-0.05, 0) is 60.7 Å². The Morgan fingerprint density at radius 2 is 0.467 bits per heavy atom. The van der Waals surface area contributed by atoms with Crippen molar-refractivity contribution in [1.29, 1.82) is 0 Å². The molecule has 17 aromatic rings. The van der Waals surface area contributed by atoms with Gasteiger partial charge in [-0.15, -0.1) is 0 Å². The van der Waals surface area contributed by atoms with Gasteiger partial charge in [-0.2, -0.15) is 0 Å². The maximum absolute atomic E-state index is 5.27. The van der Waals surface area contributed by atoms with Gasteiger partial charge in [-0.1, -0.05) is 231 Å². The molecule has 12 nitrogen and oxygen atoms in total. The Hall–Kier alpha value is -12.8. The number of pyridine rings is 1. The molecule has 11 aromatic carbocycles. The molecule has 17 rings (SSSR count). The van der Waals surface area contributed by atoms with Gasteiger partial charge in [0.2, 0.25) is 0 Å². The summed E-state index contributed by atoms with van der Waals surface area (Å²) in [6.45, 7) is 0. The SMILES string of the molecule is c1ccc(-c2nc(-c3ccccc3)nc(-c3ccc(-c4ccncc4-n4c5ccccc5c5cc(-c6nc(-c7ccccc7)nc(-c7ccccc7)n6)ccc54)c(-n4c5ccccc5c5cc(-c6nc(-c7ccccc7)nc(-c7ccccc7)n6)ccc54)c3)n2)cc1. The fourth-order valence-electron chi connectivity index (χ4n) is 12.4. The number of hydrogen-bond acceptors (Lipinski definition) is 10. The minimum Gasteiger partial charge on any atom is -0.309 e. The second-order valence-electron chi connectivity index (χ2n) is 22.4. The van der Waals surface area contributed by atoms with Crippen molar-refractivity contribution in [1.82, 2.24) is 59.0 Å². The number of hydrogen-bond donors (Lipinski definition) is 0. The van der Waals surface area contributed by atoms with Crippen molar-refractivity contribution < 1.29 is 0 Å². The van der Waals surface area contributed by atoms with E-state index in [1.54, 1.807) is 0 Å². The van der Waals surface area contributed by atoms with Crippen LogP contribution in [0, 0.1) is 0 Å². The number of para-hydroxylation sites is 2. The molecule has 0 atom stereocenters. The number of fused-ring (bicyclic) bond motifs is 6. The van der Waals surface area contributed by atoms with Gasteiger partial charge in [-0.25, -0.2) is 44.9 Å². The summed E-state index contributed by atoms with van der Waals surface area (Å²) < 4.78 is 4.70. The van der Waals surface area contributed by atoms with Crippen LogP contribution in [-0.4, -0.2) is 59.0 Å². The summed E-state index contributed by atoms with van der Waals surface area (Å²) in [7, 11) is 0. The van der Waals surface area contributed by atoms with Crippen molar-refractivity contribution in [3.05, 3.63) is 304 Å². The van der Waals surface area contributed by atoms with Crippen LogP contribution < -0.4 is 0 Å². The first kappa shape index (κ1) is 53.4. The minimum atomic E-state index is 0.532. The predicted molar refractivity (Wildman–Crippen MR) is 367 cm³/mol. The third kappa shape index (κ3) is 9.68. The first-order valence-corrected chi connectivity index (χ1v) is 30.4. The molecule has 12 heteroatoms. The van der Waals surface area contributed by atoms with E-state index in [0.29, 0.717) is 52.4 Å². The van der Waals surface area contributed by atoms with Gasteiger partial charge >= 0.3 is 0 Å². The first-order chi connectivity index (χ1) is 45.6. The number of nitrogens with zero attached hydrogens (tertiary/aromatic N) is 12. The fourth-order valence-corrected chi connectivity index (χ4v) is 12.4. The molecule has 92 heavy (non-hydrogen) atoms. The lowest BCUT2D eigenvalue weighted by atomic mass is 9.99. The summed E-state index contributed by atoms with van der Waals surface area (Å²) in [5, 5.41) is 4.18. The summed E-state index contributed by atoms with van der Waals surface area (Å²) in [6.07, 6.45) is 3.85. The zero-order valence-electron chi connectivity index (χ0n) is 49.2. The Kier molecular flexibility index (Phi) is 13.2. The molecule has 0 aliphatic rings. The molecule has 0 N–H and O–H groups in total. The summed E-state index contributed by atoms with van der Waals surface area (Å²) in [5.41, 5.74) is 15.6. The maximum Gasteiger partial charge on any atom is 0.164 e. The minimum absolute atomic E-state index is 0.532. The maximum atomic E-state index is 5.27. The molecule has 0 aliphatic carbocycles. The van der Waals surface area contributed by atoms with Crippen LogP contribution in [0.4, 0.5) is 0 Å². The topological polar surface area (TPSA) is 139 Å². The number of benzene rings is 11. The van der Waals surface area contributed by atoms with Crippen molar-refractivity contribution in [2.75, 3.05) is 0 Å². The molecule has 0 aliphatic heterocycles. The molecule has 0 spiro atoms. The molecular weight excluding hydrogens is 1130 g/mol. The first-order valence-electron chi connectivity index (χ1n) is 30.4. The molecule has 0 unspecified atom stereocenters. The number of aromatic nitrogens is 12. The van der Waals surface area contributed by atoms with Crippen LogP contribution in [0.15, 0.2) is 304 Å². The van der Waals surface area contributed by atoms with Gasteiger partial charge < -0.3 is 9.13 Å². The molecule has 0 saturated carbocycles. The quantitative estimate of drug-likeness (QED) is 0.116. The molecule has 0 bridgehead atoms. The third-order valence-corrected chi connectivity index (χ3v) is 16.8. The van der Waals surface area contributed by atoms with Gasteiger partial charge in [0.1, 0.15) is 0 Å². The highest BCUT2D eigenvalue weighted by molar-refractivity contribution is 6.13. The lowest BCUT2D eigenvalue weighted by molar-refractivity contribution is 1.07. The van der Waals surface area contributed by atoms with Crippen LogP contribution in [0.2, 0.25) is 0 Å². The van der Waals surface area contributed by atoms with Crippen LogP contribution in [0.5, 0.6) is 0 Å². The zero-order valence-corrected chi connectivity index (χ0v) is 49.2. The van der Waals surface area contributed by atoms with Crippen LogP contribution in [-0.2, 0) is 0 Å². The van der Waals surface area contributed by atoms with E-state index in [4.69, 9.17) is 49.8 Å². The lowest BCUT2D eigenvalue weighted by Crippen LogP contribution is -2.04. The van der Waals surface area contributed by atoms with Crippen molar-refractivity contribution in [3.8, 4) is 125 Å². The highest BCUT2D eigenvalue weighted by Crippen LogP contribution is 2.44. The monoisotopic (exact) mass is 1180 g/mol. The van der Waals surface area contributed by atoms with Gasteiger partial charge in [0.25, 0.3) is 0 Å². The Labute approximate surface area is 528 Å².